The summed E-state index contributed by atoms with van der Waals surface area (Å²) in [7, 11) is -2.07. The SMILES string of the molecule is CCCCN(C)S(=O)(=O)c1cccc(C(=O)Nc2ccc(Cl)cc2C)c1. The highest BCUT2D eigenvalue weighted by molar-refractivity contribution is 7.89. The van der Waals surface area contributed by atoms with E-state index in [0.717, 1.165) is 18.4 Å². The number of halogens is 1. The molecule has 0 heterocycles. The van der Waals surface area contributed by atoms with E-state index < -0.39 is 10.0 Å². The third kappa shape index (κ3) is 4.84. The molecule has 2 rings (SSSR count). The second-order valence-electron chi connectivity index (χ2n) is 6.12. The lowest BCUT2D eigenvalue weighted by atomic mass is 10.1. The molecule has 0 aliphatic heterocycles. The Balaban J connectivity index is 2.24. The normalized spacial score (nSPS) is 11.6. The lowest BCUT2D eigenvalue weighted by molar-refractivity contribution is 0.102. The zero-order chi connectivity index (χ0) is 19.3. The number of amides is 1. The van der Waals surface area contributed by atoms with Gasteiger partial charge in [0.1, 0.15) is 0 Å². The van der Waals surface area contributed by atoms with Gasteiger partial charge < -0.3 is 5.32 Å². The third-order valence-electron chi connectivity index (χ3n) is 4.07. The van der Waals surface area contributed by atoms with Crippen LogP contribution in [0.1, 0.15) is 35.7 Å². The molecule has 0 saturated heterocycles. The molecule has 26 heavy (non-hydrogen) atoms. The van der Waals surface area contributed by atoms with Gasteiger partial charge in [0.25, 0.3) is 5.91 Å². The fourth-order valence-electron chi connectivity index (χ4n) is 2.44. The summed E-state index contributed by atoms with van der Waals surface area (Å²) < 4.78 is 26.6. The maximum absolute atomic E-state index is 12.6. The molecule has 0 radical (unpaired) electrons. The number of nitrogens with zero attached hydrogens (tertiary/aromatic N) is 1. The van der Waals surface area contributed by atoms with E-state index in [-0.39, 0.29) is 16.4 Å². The van der Waals surface area contributed by atoms with Crippen LogP contribution in [0.25, 0.3) is 0 Å². The highest BCUT2D eigenvalue weighted by atomic mass is 35.5. The van der Waals surface area contributed by atoms with Gasteiger partial charge in [0.2, 0.25) is 10.0 Å². The van der Waals surface area contributed by atoms with Crippen LogP contribution in [0.4, 0.5) is 5.69 Å². The third-order valence-corrected chi connectivity index (χ3v) is 6.16. The Morgan fingerprint density at radius 1 is 1.19 bits per heavy atom. The number of benzene rings is 2. The standard InChI is InChI=1S/C19H23ClN2O3S/c1-4-5-11-22(3)26(24,25)17-8-6-7-15(13-17)19(23)21-18-10-9-16(20)12-14(18)2/h6-10,12-13H,4-5,11H2,1-3H3,(H,21,23). The van der Waals surface area contributed by atoms with Crippen LogP contribution in [-0.2, 0) is 10.0 Å². The molecule has 0 aromatic heterocycles. The monoisotopic (exact) mass is 394 g/mol. The van der Waals surface area contributed by atoms with Crippen molar-refractivity contribution in [3.8, 4) is 0 Å². The summed E-state index contributed by atoms with van der Waals surface area (Å²) in [6, 6.07) is 11.2. The number of unbranched alkanes of at least 4 members (excludes halogenated alkanes) is 1. The lowest BCUT2D eigenvalue weighted by Crippen LogP contribution is -2.28. The second kappa shape index (κ2) is 8.66. The van der Waals surface area contributed by atoms with Crippen molar-refractivity contribution in [1.82, 2.24) is 4.31 Å². The number of nitrogens with one attached hydrogen (secondary N) is 1. The van der Waals surface area contributed by atoms with E-state index in [1.165, 1.54) is 16.4 Å². The van der Waals surface area contributed by atoms with Gasteiger partial charge in [-0.25, -0.2) is 12.7 Å². The zero-order valence-electron chi connectivity index (χ0n) is 15.1. The molecule has 5 nitrogen and oxygen atoms in total. The molecule has 1 N–H and O–H groups in total. The molecule has 2 aromatic rings. The van der Waals surface area contributed by atoms with Gasteiger partial charge >= 0.3 is 0 Å². The van der Waals surface area contributed by atoms with Crippen molar-refractivity contribution in [2.45, 2.75) is 31.6 Å². The van der Waals surface area contributed by atoms with Gasteiger partial charge in [0, 0.05) is 29.9 Å². The van der Waals surface area contributed by atoms with E-state index in [0.29, 0.717) is 17.3 Å². The Kier molecular flexibility index (Phi) is 6.81. The minimum Gasteiger partial charge on any atom is -0.322 e. The largest absolute Gasteiger partial charge is 0.322 e. The van der Waals surface area contributed by atoms with Crippen LogP contribution in [0.3, 0.4) is 0 Å². The minimum atomic E-state index is -3.62. The van der Waals surface area contributed by atoms with Crippen LogP contribution < -0.4 is 5.32 Å². The van der Waals surface area contributed by atoms with Crippen molar-refractivity contribution in [1.29, 1.82) is 0 Å². The fraction of sp³-hybridized carbons (Fsp3) is 0.316. The van der Waals surface area contributed by atoms with E-state index in [4.69, 9.17) is 11.6 Å². The number of carbonyl (C=O) groups is 1. The molecule has 0 aliphatic carbocycles. The molecule has 0 aliphatic rings. The first-order valence-corrected chi connectivity index (χ1v) is 10.2. The first-order chi connectivity index (χ1) is 12.3. The molecular formula is C19H23ClN2O3S. The fourth-order valence-corrected chi connectivity index (χ4v) is 3.92. The van der Waals surface area contributed by atoms with Gasteiger partial charge in [-0.2, -0.15) is 0 Å². The van der Waals surface area contributed by atoms with Crippen molar-refractivity contribution in [3.63, 3.8) is 0 Å². The Morgan fingerprint density at radius 2 is 1.92 bits per heavy atom. The molecular weight excluding hydrogens is 372 g/mol. The van der Waals surface area contributed by atoms with E-state index in [9.17, 15) is 13.2 Å². The van der Waals surface area contributed by atoms with Gasteiger partial charge in [-0.15, -0.1) is 0 Å². The van der Waals surface area contributed by atoms with E-state index >= 15 is 0 Å². The molecule has 0 spiro atoms. The molecule has 0 saturated carbocycles. The number of hydrogen-bond acceptors (Lipinski definition) is 3. The first-order valence-electron chi connectivity index (χ1n) is 8.39. The highest BCUT2D eigenvalue weighted by Crippen LogP contribution is 2.21. The van der Waals surface area contributed by atoms with E-state index in [2.05, 4.69) is 5.32 Å². The molecule has 1 amide bonds. The summed E-state index contributed by atoms with van der Waals surface area (Å²) in [6.45, 7) is 4.29. The Bertz CT molecular complexity index is 897. The minimum absolute atomic E-state index is 0.108. The highest BCUT2D eigenvalue weighted by Gasteiger charge is 2.21. The number of sulfonamides is 1. The molecule has 7 heteroatoms. The van der Waals surface area contributed by atoms with E-state index in [1.807, 2.05) is 13.8 Å². The summed E-state index contributed by atoms with van der Waals surface area (Å²) >= 11 is 5.92. The number of aryl methyl sites for hydroxylation is 1. The van der Waals surface area contributed by atoms with Crippen molar-refractivity contribution in [2.75, 3.05) is 18.9 Å². The van der Waals surface area contributed by atoms with Gasteiger partial charge in [-0.3, -0.25) is 4.79 Å². The van der Waals surface area contributed by atoms with Crippen molar-refractivity contribution in [3.05, 3.63) is 58.6 Å². The molecule has 0 fully saturated rings. The summed E-state index contributed by atoms with van der Waals surface area (Å²) in [4.78, 5) is 12.6. The van der Waals surface area contributed by atoms with Gasteiger partial charge in [-0.05, 0) is 55.3 Å². The van der Waals surface area contributed by atoms with Crippen molar-refractivity contribution < 1.29 is 13.2 Å². The van der Waals surface area contributed by atoms with Gasteiger partial charge in [0.15, 0.2) is 0 Å². The molecule has 0 bridgehead atoms. The second-order valence-corrected chi connectivity index (χ2v) is 8.60. The average Bonchev–Trinajstić information content (AvgIpc) is 2.62. The topological polar surface area (TPSA) is 66.5 Å². The maximum atomic E-state index is 12.6. The summed E-state index contributed by atoms with van der Waals surface area (Å²) in [5.74, 6) is -0.372. The van der Waals surface area contributed by atoms with E-state index in [1.54, 1.807) is 37.4 Å². The quantitative estimate of drug-likeness (QED) is 0.760. The summed E-state index contributed by atoms with van der Waals surface area (Å²) in [5, 5.41) is 3.38. The Labute approximate surface area is 160 Å². The zero-order valence-corrected chi connectivity index (χ0v) is 16.7. The van der Waals surface area contributed by atoms with Crippen molar-refractivity contribution in [2.24, 2.45) is 0 Å². The van der Waals surface area contributed by atoms with Crippen LogP contribution in [0.2, 0.25) is 5.02 Å². The number of hydrogen-bond donors (Lipinski definition) is 1. The predicted octanol–water partition coefficient (Wildman–Crippen LogP) is 4.32. The number of carbonyl (C=O) groups excluding carboxylic acids is 1. The van der Waals surface area contributed by atoms with Gasteiger partial charge in [0.05, 0.1) is 4.90 Å². The summed E-state index contributed by atoms with van der Waals surface area (Å²) in [5.41, 5.74) is 1.74. The number of rotatable bonds is 7. The molecule has 0 atom stereocenters. The van der Waals surface area contributed by atoms with Crippen LogP contribution in [-0.4, -0.2) is 32.2 Å². The van der Waals surface area contributed by atoms with Crippen LogP contribution >= 0.6 is 11.6 Å². The van der Waals surface area contributed by atoms with Crippen LogP contribution in [0.5, 0.6) is 0 Å². The first kappa shape index (κ1) is 20.4. The Hall–Kier alpha value is -1.89. The smallest absolute Gasteiger partial charge is 0.255 e. The predicted molar refractivity (Wildman–Crippen MR) is 105 cm³/mol. The Morgan fingerprint density at radius 3 is 2.58 bits per heavy atom. The number of anilines is 1. The molecule has 140 valence electrons. The molecule has 2 aromatic carbocycles. The summed E-state index contributed by atoms with van der Waals surface area (Å²) in [6.07, 6.45) is 1.69. The molecule has 0 unspecified atom stereocenters. The van der Waals surface area contributed by atoms with Crippen LogP contribution in [0.15, 0.2) is 47.4 Å². The average molecular weight is 395 g/mol. The van der Waals surface area contributed by atoms with Gasteiger partial charge in [-0.1, -0.05) is 31.0 Å². The maximum Gasteiger partial charge on any atom is 0.255 e. The lowest BCUT2D eigenvalue weighted by Gasteiger charge is -2.17. The van der Waals surface area contributed by atoms with Crippen LogP contribution in [0, 0.1) is 6.92 Å². The van der Waals surface area contributed by atoms with Crippen molar-refractivity contribution >= 4 is 33.2 Å².